The maximum atomic E-state index is 10.9. The minimum atomic E-state index is -0.525. The van der Waals surface area contributed by atoms with Crippen LogP contribution in [0.5, 0.6) is 0 Å². The molecular formula is C10H11ClN4O2. The largest absolute Gasteiger partial charge is 0.350 e. The molecule has 0 aliphatic heterocycles. The number of nitro groups is 1. The summed E-state index contributed by atoms with van der Waals surface area (Å²) in [5, 5.41) is 19.6. The zero-order valence-electron chi connectivity index (χ0n) is 9.26. The third-order valence-corrected chi connectivity index (χ3v) is 2.39. The molecule has 0 aliphatic rings. The van der Waals surface area contributed by atoms with Gasteiger partial charge in [0.2, 0.25) is 5.82 Å². The molecule has 1 heterocycles. The summed E-state index contributed by atoms with van der Waals surface area (Å²) in [5.41, 5.74) is -0.141. The fourth-order valence-corrected chi connectivity index (χ4v) is 1.55. The van der Waals surface area contributed by atoms with Gasteiger partial charge in [0.25, 0.3) is 0 Å². The number of hydrogen-bond donors (Lipinski definition) is 0. The molecule has 0 bridgehead atoms. The molecule has 0 unspecified atom stereocenters. The maximum absolute atomic E-state index is 10.9. The summed E-state index contributed by atoms with van der Waals surface area (Å²) >= 11 is 5.68. The van der Waals surface area contributed by atoms with Crippen molar-refractivity contribution in [3.8, 4) is 6.07 Å². The number of hydrogen-bond acceptors (Lipinski definition) is 5. The minimum Gasteiger partial charge on any atom is -0.350 e. The van der Waals surface area contributed by atoms with Crippen LogP contribution in [-0.2, 0) is 0 Å². The molecule has 90 valence electrons. The van der Waals surface area contributed by atoms with Gasteiger partial charge in [-0.15, -0.1) is 0 Å². The van der Waals surface area contributed by atoms with Crippen molar-refractivity contribution in [2.75, 3.05) is 18.0 Å². The summed E-state index contributed by atoms with van der Waals surface area (Å²) in [6.07, 6.45) is 1.65. The maximum Gasteiger partial charge on any atom is 0.313 e. The normalized spacial score (nSPS) is 9.71. The number of anilines is 1. The fourth-order valence-electron chi connectivity index (χ4n) is 1.40. The summed E-state index contributed by atoms with van der Waals surface area (Å²) in [5.74, 6) is 0.247. The molecule has 0 saturated carbocycles. The number of pyridine rings is 1. The topological polar surface area (TPSA) is 83.1 Å². The van der Waals surface area contributed by atoms with Crippen LogP contribution in [0.4, 0.5) is 11.5 Å². The van der Waals surface area contributed by atoms with Crippen LogP contribution in [0.2, 0.25) is 5.02 Å². The van der Waals surface area contributed by atoms with Crippen LogP contribution in [0.15, 0.2) is 12.3 Å². The van der Waals surface area contributed by atoms with E-state index < -0.39 is 4.92 Å². The van der Waals surface area contributed by atoms with Crippen molar-refractivity contribution >= 4 is 23.1 Å². The second-order valence-corrected chi connectivity index (χ2v) is 3.68. The molecule has 1 rings (SSSR count). The molecule has 7 heteroatoms. The number of nitriles is 1. The van der Waals surface area contributed by atoms with Crippen LogP contribution in [0.25, 0.3) is 0 Å². The van der Waals surface area contributed by atoms with Crippen LogP contribution < -0.4 is 4.90 Å². The highest BCUT2D eigenvalue weighted by molar-refractivity contribution is 6.30. The molecule has 0 aromatic carbocycles. The average Bonchev–Trinajstić information content (AvgIpc) is 2.31. The molecule has 0 atom stereocenters. The molecule has 0 spiro atoms. The number of aromatic nitrogens is 1. The molecule has 0 saturated heterocycles. The molecule has 0 N–H and O–H groups in total. The zero-order valence-corrected chi connectivity index (χ0v) is 10.0. The highest BCUT2D eigenvalue weighted by Crippen LogP contribution is 2.28. The SMILES string of the molecule is CCN(CCC#N)c1ncc(Cl)cc1[N+](=O)[O-]. The monoisotopic (exact) mass is 254 g/mol. The Hall–Kier alpha value is -1.87. The molecular weight excluding hydrogens is 244 g/mol. The van der Waals surface area contributed by atoms with Gasteiger partial charge in [-0.25, -0.2) is 4.98 Å². The van der Waals surface area contributed by atoms with E-state index in [2.05, 4.69) is 4.98 Å². The lowest BCUT2D eigenvalue weighted by Gasteiger charge is -2.20. The molecule has 1 aromatic rings. The number of rotatable bonds is 5. The first kappa shape index (κ1) is 13.2. The van der Waals surface area contributed by atoms with Gasteiger partial charge < -0.3 is 4.90 Å². The van der Waals surface area contributed by atoms with Gasteiger partial charge in [-0.3, -0.25) is 10.1 Å². The highest BCUT2D eigenvalue weighted by atomic mass is 35.5. The van der Waals surface area contributed by atoms with Gasteiger partial charge in [0.15, 0.2) is 0 Å². The summed E-state index contributed by atoms with van der Waals surface area (Å²) in [6.45, 7) is 2.79. The van der Waals surface area contributed by atoms with Crippen molar-refractivity contribution in [2.45, 2.75) is 13.3 Å². The van der Waals surface area contributed by atoms with Gasteiger partial charge in [-0.2, -0.15) is 5.26 Å². The van der Waals surface area contributed by atoms with Crippen LogP contribution in [0.3, 0.4) is 0 Å². The van der Waals surface area contributed by atoms with Gasteiger partial charge in [0.05, 0.1) is 22.4 Å². The minimum absolute atomic E-state index is 0.141. The Kier molecular flexibility index (Phi) is 4.67. The average molecular weight is 255 g/mol. The highest BCUT2D eigenvalue weighted by Gasteiger charge is 2.20. The van der Waals surface area contributed by atoms with Crippen LogP contribution in [0, 0.1) is 21.4 Å². The third-order valence-electron chi connectivity index (χ3n) is 2.19. The van der Waals surface area contributed by atoms with Crippen molar-refractivity contribution in [1.82, 2.24) is 4.98 Å². The first-order chi connectivity index (χ1) is 8.10. The van der Waals surface area contributed by atoms with E-state index in [0.717, 1.165) is 0 Å². The van der Waals surface area contributed by atoms with Gasteiger partial charge in [-0.1, -0.05) is 11.6 Å². The fraction of sp³-hybridized carbons (Fsp3) is 0.400. The van der Waals surface area contributed by atoms with Crippen molar-refractivity contribution in [3.05, 3.63) is 27.4 Å². The molecule has 0 radical (unpaired) electrons. The Bertz CT molecular complexity index is 458. The van der Waals surface area contributed by atoms with E-state index in [1.807, 2.05) is 13.0 Å². The second-order valence-electron chi connectivity index (χ2n) is 3.24. The predicted molar refractivity (Wildman–Crippen MR) is 64.0 cm³/mol. The lowest BCUT2D eigenvalue weighted by molar-refractivity contribution is -0.384. The van der Waals surface area contributed by atoms with Gasteiger partial charge in [-0.05, 0) is 6.92 Å². The first-order valence-corrected chi connectivity index (χ1v) is 5.39. The van der Waals surface area contributed by atoms with Crippen molar-refractivity contribution < 1.29 is 4.92 Å². The third kappa shape index (κ3) is 3.29. The Morgan fingerprint density at radius 2 is 2.41 bits per heavy atom. The molecule has 0 fully saturated rings. The Labute approximate surface area is 104 Å². The van der Waals surface area contributed by atoms with E-state index in [4.69, 9.17) is 16.9 Å². The second kappa shape index (κ2) is 6.01. The smallest absolute Gasteiger partial charge is 0.313 e. The molecule has 0 aliphatic carbocycles. The predicted octanol–water partition coefficient (Wildman–Crippen LogP) is 2.38. The summed E-state index contributed by atoms with van der Waals surface area (Å²) in [4.78, 5) is 16.0. The summed E-state index contributed by atoms with van der Waals surface area (Å²) < 4.78 is 0. The Balaban J connectivity index is 3.10. The van der Waals surface area contributed by atoms with Gasteiger partial charge in [0.1, 0.15) is 0 Å². The molecule has 6 nitrogen and oxygen atoms in total. The van der Waals surface area contributed by atoms with Crippen LogP contribution in [-0.4, -0.2) is 23.0 Å². The van der Waals surface area contributed by atoms with E-state index in [-0.39, 0.29) is 22.9 Å². The lowest BCUT2D eigenvalue weighted by Crippen LogP contribution is -2.25. The molecule has 1 aromatic heterocycles. The van der Waals surface area contributed by atoms with E-state index >= 15 is 0 Å². The Morgan fingerprint density at radius 3 is 2.94 bits per heavy atom. The lowest BCUT2D eigenvalue weighted by atomic mass is 10.3. The summed E-state index contributed by atoms with van der Waals surface area (Å²) in [6, 6.07) is 3.26. The van der Waals surface area contributed by atoms with E-state index in [1.165, 1.54) is 12.3 Å². The molecule has 0 amide bonds. The standard InChI is InChI=1S/C10H11ClN4O2/c1-2-14(5-3-4-12)10-9(15(16)17)6-8(11)7-13-10/h6-7H,2-3,5H2,1H3. The van der Waals surface area contributed by atoms with E-state index in [0.29, 0.717) is 13.1 Å². The van der Waals surface area contributed by atoms with E-state index in [1.54, 1.807) is 4.90 Å². The van der Waals surface area contributed by atoms with Crippen LogP contribution in [0.1, 0.15) is 13.3 Å². The van der Waals surface area contributed by atoms with Crippen LogP contribution >= 0.6 is 11.6 Å². The zero-order chi connectivity index (χ0) is 12.8. The van der Waals surface area contributed by atoms with E-state index in [9.17, 15) is 10.1 Å². The Morgan fingerprint density at radius 1 is 1.71 bits per heavy atom. The summed E-state index contributed by atoms with van der Waals surface area (Å²) in [7, 11) is 0. The first-order valence-electron chi connectivity index (χ1n) is 5.02. The van der Waals surface area contributed by atoms with Crippen molar-refractivity contribution in [3.63, 3.8) is 0 Å². The number of halogens is 1. The van der Waals surface area contributed by atoms with Gasteiger partial charge in [0, 0.05) is 25.4 Å². The molecule has 17 heavy (non-hydrogen) atoms. The van der Waals surface area contributed by atoms with Gasteiger partial charge >= 0.3 is 5.69 Å². The quantitative estimate of drug-likeness (QED) is 0.595. The number of nitrogens with zero attached hydrogens (tertiary/aromatic N) is 4. The van der Waals surface area contributed by atoms with Crippen molar-refractivity contribution in [1.29, 1.82) is 5.26 Å². The van der Waals surface area contributed by atoms with Crippen molar-refractivity contribution in [2.24, 2.45) is 0 Å².